The van der Waals surface area contributed by atoms with E-state index >= 15 is 0 Å². The fraction of sp³-hybridized carbons (Fsp3) is 0.467. The number of phenolic OH excluding ortho intramolecular Hbond substituents is 1. The first-order chi connectivity index (χ1) is 9.79. The minimum atomic E-state index is -1.07. The van der Waals surface area contributed by atoms with Crippen LogP contribution in [0.2, 0.25) is 0 Å². The predicted octanol–water partition coefficient (Wildman–Crippen LogP) is 1.73. The fourth-order valence-electron chi connectivity index (χ4n) is 1.76. The van der Waals surface area contributed by atoms with Gasteiger partial charge >= 0.3 is 5.97 Å². The molecule has 0 aliphatic rings. The van der Waals surface area contributed by atoms with Gasteiger partial charge in [-0.1, -0.05) is 19.9 Å². The average Bonchev–Trinajstić information content (AvgIpc) is 2.38. The number of aliphatic carboxylic acids is 1. The summed E-state index contributed by atoms with van der Waals surface area (Å²) in [6.07, 6.45) is -0.199. The third-order valence-corrected chi connectivity index (χ3v) is 2.89. The van der Waals surface area contributed by atoms with Crippen LogP contribution in [0.15, 0.2) is 18.2 Å². The molecule has 1 rings (SSSR count). The predicted molar refractivity (Wildman–Crippen MR) is 80.4 cm³/mol. The number of nitrogens with one attached hydrogen (secondary N) is 2. The highest BCUT2D eigenvalue weighted by molar-refractivity contribution is 5.95. The Hall–Kier alpha value is -2.08. The molecular formula is C15H22N2O4. The van der Waals surface area contributed by atoms with Crippen LogP contribution in [0.5, 0.6) is 5.75 Å². The van der Waals surface area contributed by atoms with Crippen molar-refractivity contribution in [1.29, 1.82) is 0 Å². The molecule has 0 heterocycles. The van der Waals surface area contributed by atoms with E-state index in [1.54, 1.807) is 12.1 Å². The van der Waals surface area contributed by atoms with Gasteiger partial charge in [-0.15, -0.1) is 0 Å². The maximum absolute atomic E-state index is 11.9. The smallest absolute Gasteiger partial charge is 0.321 e. The van der Waals surface area contributed by atoms with E-state index in [0.29, 0.717) is 6.54 Å². The second-order valence-corrected chi connectivity index (χ2v) is 5.47. The van der Waals surface area contributed by atoms with Crippen molar-refractivity contribution >= 4 is 17.6 Å². The van der Waals surface area contributed by atoms with Gasteiger partial charge in [-0.05, 0) is 37.1 Å². The van der Waals surface area contributed by atoms with Crippen molar-refractivity contribution in [1.82, 2.24) is 5.32 Å². The lowest BCUT2D eigenvalue weighted by atomic mass is 10.1. The van der Waals surface area contributed by atoms with Crippen LogP contribution in [0.25, 0.3) is 0 Å². The highest BCUT2D eigenvalue weighted by Gasteiger charge is 2.21. The second kappa shape index (κ2) is 7.64. The van der Waals surface area contributed by atoms with E-state index in [1.807, 2.05) is 20.8 Å². The van der Waals surface area contributed by atoms with Crippen molar-refractivity contribution in [2.24, 2.45) is 5.92 Å². The summed E-state index contributed by atoms with van der Waals surface area (Å²) < 4.78 is 0. The monoisotopic (exact) mass is 294 g/mol. The van der Waals surface area contributed by atoms with Crippen LogP contribution in [0.1, 0.15) is 25.8 Å². The number of anilines is 1. The molecule has 0 aliphatic heterocycles. The molecule has 0 spiro atoms. The van der Waals surface area contributed by atoms with E-state index in [9.17, 15) is 14.7 Å². The molecule has 21 heavy (non-hydrogen) atoms. The van der Waals surface area contributed by atoms with Crippen molar-refractivity contribution in [3.8, 4) is 5.75 Å². The van der Waals surface area contributed by atoms with Crippen molar-refractivity contribution in [3.05, 3.63) is 23.8 Å². The molecule has 0 fully saturated rings. The lowest BCUT2D eigenvalue weighted by Gasteiger charge is -2.16. The van der Waals surface area contributed by atoms with E-state index < -0.39 is 17.9 Å². The number of phenols is 1. The maximum Gasteiger partial charge on any atom is 0.321 e. The van der Waals surface area contributed by atoms with Crippen molar-refractivity contribution < 1.29 is 19.8 Å². The second-order valence-electron chi connectivity index (χ2n) is 5.47. The van der Waals surface area contributed by atoms with Gasteiger partial charge in [0.25, 0.3) is 0 Å². The van der Waals surface area contributed by atoms with E-state index in [-0.39, 0.29) is 23.8 Å². The van der Waals surface area contributed by atoms with E-state index in [0.717, 1.165) is 5.56 Å². The third-order valence-electron chi connectivity index (χ3n) is 2.89. The minimum absolute atomic E-state index is 0.0454. The Morgan fingerprint density at radius 2 is 1.95 bits per heavy atom. The first-order valence-corrected chi connectivity index (χ1v) is 6.85. The lowest BCUT2D eigenvalue weighted by molar-refractivity contribution is -0.141. The summed E-state index contributed by atoms with van der Waals surface area (Å²) in [5, 5.41) is 24.1. The first kappa shape index (κ1) is 17.0. The summed E-state index contributed by atoms with van der Waals surface area (Å²) in [4.78, 5) is 23.0. The molecule has 116 valence electrons. The van der Waals surface area contributed by atoms with Gasteiger partial charge in [0.05, 0.1) is 12.1 Å². The fourth-order valence-corrected chi connectivity index (χ4v) is 1.76. The topological polar surface area (TPSA) is 98.7 Å². The summed E-state index contributed by atoms with van der Waals surface area (Å²) in [7, 11) is 0. The van der Waals surface area contributed by atoms with E-state index in [2.05, 4.69) is 10.6 Å². The van der Waals surface area contributed by atoms with Crippen LogP contribution >= 0.6 is 0 Å². The van der Waals surface area contributed by atoms with E-state index in [4.69, 9.17) is 5.11 Å². The number of hydrogen-bond donors (Lipinski definition) is 4. The number of rotatable bonds is 7. The molecule has 4 N–H and O–H groups in total. The summed E-state index contributed by atoms with van der Waals surface area (Å²) >= 11 is 0. The van der Waals surface area contributed by atoms with Gasteiger partial charge in [0.15, 0.2) is 0 Å². The Morgan fingerprint density at radius 3 is 2.52 bits per heavy atom. The summed E-state index contributed by atoms with van der Waals surface area (Å²) in [5.74, 6) is -1.29. The molecule has 1 aromatic rings. The number of carbonyl (C=O) groups is 2. The molecule has 1 atom stereocenters. The Labute approximate surface area is 124 Å². The highest BCUT2D eigenvalue weighted by Crippen LogP contribution is 2.23. The largest absolute Gasteiger partial charge is 0.506 e. The molecule has 1 unspecified atom stereocenters. The van der Waals surface area contributed by atoms with Crippen LogP contribution in [0, 0.1) is 12.8 Å². The number of aryl methyl sites for hydroxylation is 1. The molecule has 6 nitrogen and oxygen atoms in total. The Balaban J connectivity index is 2.65. The zero-order chi connectivity index (χ0) is 16.0. The van der Waals surface area contributed by atoms with Crippen molar-refractivity contribution in [3.63, 3.8) is 0 Å². The van der Waals surface area contributed by atoms with Crippen LogP contribution in [0.4, 0.5) is 5.69 Å². The van der Waals surface area contributed by atoms with Crippen LogP contribution in [0.3, 0.4) is 0 Å². The van der Waals surface area contributed by atoms with Gasteiger partial charge in [-0.3, -0.25) is 9.59 Å². The van der Waals surface area contributed by atoms with Gasteiger partial charge in [0, 0.05) is 0 Å². The molecule has 0 saturated carbocycles. The van der Waals surface area contributed by atoms with E-state index in [1.165, 1.54) is 6.07 Å². The van der Waals surface area contributed by atoms with Gasteiger partial charge in [-0.2, -0.15) is 0 Å². The normalized spacial score (nSPS) is 12.2. The number of hydrogen-bond acceptors (Lipinski definition) is 4. The molecule has 0 aromatic heterocycles. The van der Waals surface area contributed by atoms with Crippen LogP contribution < -0.4 is 10.6 Å². The Kier molecular flexibility index (Phi) is 6.17. The summed E-state index contributed by atoms with van der Waals surface area (Å²) in [6.45, 7) is 6.26. The van der Waals surface area contributed by atoms with Gasteiger partial charge in [-0.25, -0.2) is 0 Å². The molecule has 0 saturated heterocycles. The molecule has 6 heteroatoms. The maximum atomic E-state index is 11.9. The zero-order valence-corrected chi connectivity index (χ0v) is 12.5. The lowest BCUT2D eigenvalue weighted by Crippen LogP contribution is -2.41. The summed E-state index contributed by atoms with van der Waals surface area (Å²) in [5.41, 5.74) is 1.17. The van der Waals surface area contributed by atoms with Crippen LogP contribution in [-0.4, -0.2) is 34.7 Å². The van der Waals surface area contributed by atoms with Crippen LogP contribution in [-0.2, 0) is 9.59 Å². The number of aromatic hydroxyl groups is 1. The third kappa shape index (κ3) is 5.83. The average molecular weight is 294 g/mol. The number of amides is 1. The number of benzene rings is 1. The number of carboxylic acids is 1. The van der Waals surface area contributed by atoms with Gasteiger partial charge < -0.3 is 20.8 Å². The molecule has 1 amide bonds. The quantitative estimate of drug-likeness (QED) is 0.574. The van der Waals surface area contributed by atoms with Crippen molar-refractivity contribution in [2.45, 2.75) is 33.2 Å². The molecule has 1 aromatic carbocycles. The van der Waals surface area contributed by atoms with Gasteiger partial charge in [0.2, 0.25) is 5.91 Å². The number of carbonyl (C=O) groups excluding carboxylic acids is 1. The molecule has 0 aliphatic carbocycles. The highest BCUT2D eigenvalue weighted by atomic mass is 16.4. The van der Waals surface area contributed by atoms with Crippen molar-refractivity contribution in [2.75, 3.05) is 11.9 Å². The molecule has 0 bridgehead atoms. The zero-order valence-electron chi connectivity index (χ0n) is 12.5. The first-order valence-electron chi connectivity index (χ1n) is 6.85. The molecular weight excluding hydrogens is 272 g/mol. The van der Waals surface area contributed by atoms with Gasteiger partial charge in [0.1, 0.15) is 11.8 Å². The Morgan fingerprint density at radius 1 is 1.29 bits per heavy atom. The number of carboxylic acid groups (broad SMARTS) is 1. The minimum Gasteiger partial charge on any atom is -0.506 e. The SMILES string of the molecule is Cc1ccc(O)c(NC(=O)CC(NCC(C)C)C(=O)O)c1. The standard InChI is InChI=1S/C15H22N2O4/c1-9(2)8-16-12(15(20)21)7-14(19)17-11-6-10(3)4-5-13(11)18/h4-6,9,12,16,18H,7-8H2,1-3H3,(H,17,19)(H,20,21). The Bertz CT molecular complexity index is 514. The summed E-state index contributed by atoms with van der Waals surface area (Å²) in [6, 6.07) is 3.88. The molecule has 0 radical (unpaired) electrons.